The van der Waals surface area contributed by atoms with Crippen molar-refractivity contribution in [2.45, 2.75) is 20.4 Å². The van der Waals surface area contributed by atoms with E-state index in [0.717, 1.165) is 38.6 Å². The Hall–Kier alpha value is -0.840. The minimum absolute atomic E-state index is 0.719. The van der Waals surface area contributed by atoms with Crippen LogP contribution >= 0.6 is 0 Å². The standard InChI is InChI=1S/C15H29N3O/c1-14(2)12-18(9-8-17(3)4)7-6-16-11-15-5-10-19-13-15/h5,10,13-14,16H,6-9,11-12H2,1-4H3. The van der Waals surface area contributed by atoms with Gasteiger partial charge in [-0.3, -0.25) is 0 Å². The Morgan fingerprint density at radius 2 is 2.00 bits per heavy atom. The Bertz CT molecular complexity index is 309. The van der Waals surface area contributed by atoms with Gasteiger partial charge in [-0.15, -0.1) is 0 Å². The SMILES string of the molecule is CC(C)CN(CCNCc1ccoc1)CCN(C)C. The Morgan fingerprint density at radius 3 is 2.58 bits per heavy atom. The third-order valence-electron chi connectivity index (χ3n) is 3.00. The van der Waals surface area contributed by atoms with Crippen LogP contribution < -0.4 is 5.32 Å². The lowest BCUT2D eigenvalue weighted by atomic mass is 10.2. The molecular weight excluding hydrogens is 238 g/mol. The third-order valence-corrected chi connectivity index (χ3v) is 3.00. The second-order valence-electron chi connectivity index (χ2n) is 5.81. The predicted molar refractivity (Wildman–Crippen MR) is 80.2 cm³/mol. The van der Waals surface area contributed by atoms with Gasteiger partial charge in [0.25, 0.3) is 0 Å². The molecule has 0 saturated heterocycles. The molecule has 0 bridgehead atoms. The summed E-state index contributed by atoms with van der Waals surface area (Å²) in [5, 5.41) is 3.46. The zero-order valence-electron chi connectivity index (χ0n) is 12.9. The highest BCUT2D eigenvalue weighted by Gasteiger charge is 2.07. The molecule has 0 unspecified atom stereocenters. The molecular formula is C15H29N3O. The van der Waals surface area contributed by atoms with Crippen LogP contribution in [0.4, 0.5) is 0 Å². The van der Waals surface area contributed by atoms with Gasteiger partial charge in [0.15, 0.2) is 0 Å². The second kappa shape index (κ2) is 9.13. The van der Waals surface area contributed by atoms with Crippen LogP contribution in [0.3, 0.4) is 0 Å². The van der Waals surface area contributed by atoms with Crippen LogP contribution in [0, 0.1) is 5.92 Å². The lowest BCUT2D eigenvalue weighted by Gasteiger charge is -2.25. The van der Waals surface area contributed by atoms with Crippen molar-refractivity contribution < 1.29 is 4.42 Å². The molecule has 0 spiro atoms. The maximum atomic E-state index is 5.05. The number of furan rings is 1. The van der Waals surface area contributed by atoms with Gasteiger partial charge in [0.1, 0.15) is 0 Å². The number of likely N-dealkylation sites (N-methyl/N-ethyl adjacent to an activating group) is 1. The van der Waals surface area contributed by atoms with Crippen LogP contribution in [0.25, 0.3) is 0 Å². The molecule has 0 aliphatic heterocycles. The molecule has 1 heterocycles. The van der Waals surface area contributed by atoms with Crippen LogP contribution in [-0.4, -0.2) is 56.6 Å². The monoisotopic (exact) mass is 267 g/mol. The van der Waals surface area contributed by atoms with Gasteiger partial charge in [0.05, 0.1) is 12.5 Å². The molecule has 0 saturated carbocycles. The van der Waals surface area contributed by atoms with E-state index < -0.39 is 0 Å². The van der Waals surface area contributed by atoms with E-state index in [1.165, 1.54) is 12.1 Å². The fourth-order valence-electron chi connectivity index (χ4n) is 2.02. The predicted octanol–water partition coefficient (Wildman–Crippen LogP) is 1.89. The van der Waals surface area contributed by atoms with Gasteiger partial charge < -0.3 is 19.5 Å². The Kier molecular flexibility index (Phi) is 7.79. The lowest BCUT2D eigenvalue weighted by molar-refractivity contribution is 0.219. The molecule has 0 radical (unpaired) electrons. The van der Waals surface area contributed by atoms with Crippen molar-refractivity contribution in [3.05, 3.63) is 24.2 Å². The average molecular weight is 267 g/mol. The van der Waals surface area contributed by atoms with E-state index in [4.69, 9.17) is 4.42 Å². The highest BCUT2D eigenvalue weighted by Crippen LogP contribution is 2.00. The van der Waals surface area contributed by atoms with Gasteiger partial charge in [-0.1, -0.05) is 13.8 Å². The van der Waals surface area contributed by atoms with Crippen LogP contribution in [0.2, 0.25) is 0 Å². The van der Waals surface area contributed by atoms with Gasteiger partial charge in [-0.25, -0.2) is 0 Å². The molecule has 0 amide bonds. The van der Waals surface area contributed by atoms with Gasteiger partial charge in [-0.2, -0.15) is 0 Å². The van der Waals surface area contributed by atoms with Crippen LogP contribution in [-0.2, 0) is 6.54 Å². The molecule has 0 aliphatic carbocycles. The summed E-state index contributed by atoms with van der Waals surface area (Å²) in [6, 6.07) is 2.00. The maximum absolute atomic E-state index is 5.05. The number of nitrogens with zero attached hydrogens (tertiary/aromatic N) is 2. The van der Waals surface area contributed by atoms with Gasteiger partial charge in [0, 0.05) is 44.8 Å². The van der Waals surface area contributed by atoms with E-state index in [-0.39, 0.29) is 0 Å². The smallest absolute Gasteiger partial charge is 0.0947 e. The Morgan fingerprint density at radius 1 is 1.21 bits per heavy atom. The fourth-order valence-corrected chi connectivity index (χ4v) is 2.02. The summed E-state index contributed by atoms with van der Waals surface area (Å²) in [6.45, 7) is 11.0. The first-order valence-electron chi connectivity index (χ1n) is 7.17. The molecule has 1 N–H and O–H groups in total. The van der Waals surface area contributed by atoms with Crippen molar-refractivity contribution in [2.75, 3.05) is 46.8 Å². The average Bonchev–Trinajstić information content (AvgIpc) is 2.83. The Balaban J connectivity index is 2.19. The minimum atomic E-state index is 0.719. The topological polar surface area (TPSA) is 31.6 Å². The minimum Gasteiger partial charge on any atom is -0.472 e. The maximum Gasteiger partial charge on any atom is 0.0947 e. The normalized spacial score (nSPS) is 11.9. The molecule has 110 valence electrons. The zero-order valence-corrected chi connectivity index (χ0v) is 12.9. The Labute approximate surface area is 117 Å². The summed E-state index contributed by atoms with van der Waals surface area (Å²) in [6.07, 6.45) is 3.52. The van der Waals surface area contributed by atoms with E-state index >= 15 is 0 Å². The van der Waals surface area contributed by atoms with E-state index in [1.807, 2.05) is 6.07 Å². The van der Waals surface area contributed by atoms with Crippen LogP contribution in [0.1, 0.15) is 19.4 Å². The molecule has 0 fully saturated rings. The zero-order chi connectivity index (χ0) is 14.1. The molecule has 4 heteroatoms. The van der Waals surface area contributed by atoms with E-state index in [9.17, 15) is 0 Å². The molecule has 4 nitrogen and oxygen atoms in total. The van der Waals surface area contributed by atoms with Crippen molar-refractivity contribution >= 4 is 0 Å². The first-order valence-corrected chi connectivity index (χ1v) is 7.17. The first-order chi connectivity index (χ1) is 9.08. The third kappa shape index (κ3) is 8.03. The largest absolute Gasteiger partial charge is 0.472 e. The number of nitrogens with one attached hydrogen (secondary N) is 1. The van der Waals surface area contributed by atoms with Crippen molar-refractivity contribution in [1.82, 2.24) is 15.1 Å². The quantitative estimate of drug-likeness (QED) is 0.656. The summed E-state index contributed by atoms with van der Waals surface area (Å²) in [7, 11) is 4.26. The summed E-state index contributed by atoms with van der Waals surface area (Å²) >= 11 is 0. The van der Waals surface area contributed by atoms with E-state index in [0.29, 0.717) is 0 Å². The molecule has 1 rings (SSSR count). The lowest BCUT2D eigenvalue weighted by Crippen LogP contribution is -2.38. The number of hydrogen-bond acceptors (Lipinski definition) is 4. The molecule has 19 heavy (non-hydrogen) atoms. The fraction of sp³-hybridized carbons (Fsp3) is 0.733. The molecule has 0 atom stereocenters. The number of hydrogen-bond donors (Lipinski definition) is 1. The summed E-state index contributed by atoms with van der Waals surface area (Å²) in [4.78, 5) is 4.78. The highest BCUT2D eigenvalue weighted by atomic mass is 16.3. The van der Waals surface area contributed by atoms with Crippen molar-refractivity contribution in [3.63, 3.8) is 0 Å². The summed E-state index contributed by atoms with van der Waals surface area (Å²) in [5.41, 5.74) is 1.21. The van der Waals surface area contributed by atoms with Crippen molar-refractivity contribution in [3.8, 4) is 0 Å². The number of rotatable bonds is 10. The van der Waals surface area contributed by atoms with Crippen LogP contribution in [0.5, 0.6) is 0 Å². The van der Waals surface area contributed by atoms with Crippen molar-refractivity contribution in [1.29, 1.82) is 0 Å². The summed E-state index contributed by atoms with van der Waals surface area (Å²) < 4.78 is 5.05. The molecule has 1 aromatic heterocycles. The van der Waals surface area contributed by atoms with Gasteiger partial charge >= 0.3 is 0 Å². The van der Waals surface area contributed by atoms with E-state index in [1.54, 1.807) is 12.5 Å². The second-order valence-corrected chi connectivity index (χ2v) is 5.81. The van der Waals surface area contributed by atoms with Crippen LogP contribution in [0.15, 0.2) is 23.0 Å². The highest BCUT2D eigenvalue weighted by molar-refractivity contribution is 5.04. The first kappa shape index (κ1) is 16.2. The van der Waals surface area contributed by atoms with E-state index in [2.05, 4.69) is 43.1 Å². The molecule has 0 aliphatic rings. The summed E-state index contributed by atoms with van der Waals surface area (Å²) in [5.74, 6) is 0.719. The van der Waals surface area contributed by atoms with Gasteiger partial charge in [-0.05, 0) is 26.1 Å². The van der Waals surface area contributed by atoms with Gasteiger partial charge in [0.2, 0.25) is 0 Å². The molecule has 0 aromatic carbocycles. The van der Waals surface area contributed by atoms with Crippen molar-refractivity contribution in [2.24, 2.45) is 5.92 Å². The molecule has 1 aromatic rings.